The number of hydrogen-bond acceptors (Lipinski definition) is 3. The van der Waals surface area contributed by atoms with Gasteiger partial charge in [-0.05, 0) is 24.6 Å². The van der Waals surface area contributed by atoms with Gasteiger partial charge in [0.25, 0.3) is 5.91 Å². The van der Waals surface area contributed by atoms with Crippen molar-refractivity contribution in [3.05, 3.63) is 65.3 Å². The van der Waals surface area contributed by atoms with Gasteiger partial charge in [0.15, 0.2) is 0 Å². The number of aromatic nitrogens is 1. The molecule has 3 aromatic rings. The van der Waals surface area contributed by atoms with Crippen LogP contribution in [0.15, 0.2) is 54.2 Å². The maximum absolute atomic E-state index is 12.4. The van der Waals surface area contributed by atoms with Crippen LogP contribution in [0.3, 0.4) is 0 Å². The van der Waals surface area contributed by atoms with Gasteiger partial charge in [-0.1, -0.05) is 24.3 Å². The van der Waals surface area contributed by atoms with E-state index in [-0.39, 0.29) is 11.9 Å². The van der Waals surface area contributed by atoms with Gasteiger partial charge in [0.1, 0.15) is 0 Å². The quantitative estimate of drug-likeness (QED) is 0.794. The molecule has 0 fully saturated rings. The molecule has 1 atom stereocenters. The molecule has 0 saturated heterocycles. The van der Waals surface area contributed by atoms with Crippen LogP contribution in [-0.4, -0.2) is 10.9 Å². The lowest BCUT2D eigenvalue weighted by atomic mass is 10.1. The number of amides is 1. The molecule has 3 nitrogen and oxygen atoms in total. The van der Waals surface area contributed by atoms with Crippen LogP contribution in [0.2, 0.25) is 0 Å². The fraction of sp³-hybridized carbons (Fsp3) is 0.125. The molecule has 0 aliphatic carbocycles. The normalized spacial score (nSPS) is 12.2. The summed E-state index contributed by atoms with van der Waals surface area (Å²) in [5.74, 6) is -0.0428. The molecule has 1 amide bonds. The van der Waals surface area contributed by atoms with Crippen LogP contribution in [0, 0.1) is 0 Å². The summed E-state index contributed by atoms with van der Waals surface area (Å²) in [6.45, 7) is 1.96. The third-order valence-corrected chi connectivity index (χ3v) is 4.22. The Hall–Kier alpha value is -2.20. The maximum Gasteiger partial charge on any atom is 0.253 e. The number of carbonyl (C=O) groups is 1. The van der Waals surface area contributed by atoms with E-state index in [0.29, 0.717) is 0 Å². The average molecular weight is 282 g/mol. The van der Waals surface area contributed by atoms with Gasteiger partial charge in [0.2, 0.25) is 0 Å². The Balaban J connectivity index is 1.83. The monoisotopic (exact) mass is 282 g/mol. The average Bonchev–Trinajstić information content (AvgIpc) is 2.92. The summed E-state index contributed by atoms with van der Waals surface area (Å²) in [7, 11) is 0. The van der Waals surface area contributed by atoms with E-state index in [4.69, 9.17) is 0 Å². The van der Waals surface area contributed by atoms with Crippen molar-refractivity contribution in [1.29, 1.82) is 0 Å². The fourth-order valence-corrected chi connectivity index (χ4v) is 3.08. The highest BCUT2D eigenvalue weighted by molar-refractivity contribution is 7.17. The van der Waals surface area contributed by atoms with E-state index >= 15 is 0 Å². The molecule has 1 unspecified atom stereocenters. The molecule has 2 heterocycles. The first-order valence-corrected chi connectivity index (χ1v) is 7.30. The van der Waals surface area contributed by atoms with Crippen LogP contribution in [0.4, 0.5) is 0 Å². The number of nitrogens with zero attached hydrogens (tertiary/aromatic N) is 1. The standard InChI is InChI=1S/C16H14N2OS/c1-11(12-5-4-8-17-9-12)18-16(19)14-10-20-15-7-3-2-6-13(14)15/h2-11H,1H3,(H,18,19). The molecule has 20 heavy (non-hydrogen) atoms. The molecule has 100 valence electrons. The van der Waals surface area contributed by atoms with Crippen LogP contribution in [-0.2, 0) is 0 Å². The maximum atomic E-state index is 12.4. The Morgan fingerprint density at radius 3 is 2.90 bits per heavy atom. The second-order valence-corrected chi connectivity index (χ2v) is 5.54. The molecule has 0 aliphatic rings. The van der Waals surface area contributed by atoms with E-state index in [1.807, 2.05) is 48.7 Å². The molecular formula is C16H14N2OS. The minimum absolute atomic E-state index is 0.0428. The Labute approximate surface area is 121 Å². The summed E-state index contributed by atoms with van der Waals surface area (Å²) >= 11 is 1.59. The van der Waals surface area contributed by atoms with Crippen LogP contribution >= 0.6 is 11.3 Å². The zero-order valence-electron chi connectivity index (χ0n) is 11.0. The zero-order valence-corrected chi connectivity index (χ0v) is 11.9. The van der Waals surface area contributed by atoms with Crippen molar-refractivity contribution in [3.8, 4) is 0 Å². The van der Waals surface area contributed by atoms with Gasteiger partial charge in [-0.15, -0.1) is 11.3 Å². The lowest BCUT2D eigenvalue weighted by molar-refractivity contribution is 0.0942. The van der Waals surface area contributed by atoms with Crippen molar-refractivity contribution in [3.63, 3.8) is 0 Å². The van der Waals surface area contributed by atoms with Crippen LogP contribution in [0.5, 0.6) is 0 Å². The van der Waals surface area contributed by atoms with E-state index in [9.17, 15) is 4.79 Å². The summed E-state index contributed by atoms with van der Waals surface area (Å²) in [6, 6.07) is 11.7. The number of thiophene rings is 1. The third kappa shape index (κ3) is 2.42. The first-order valence-electron chi connectivity index (χ1n) is 6.43. The number of carbonyl (C=O) groups excluding carboxylic acids is 1. The molecule has 0 saturated carbocycles. The molecule has 2 aromatic heterocycles. The van der Waals surface area contributed by atoms with Gasteiger partial charge in [-0.3, -0.25) is 9.78 Å². The minimum Gasteiger partial charge on any atom is -0.345 e. The summed E-state index contributed by atoms with van der Waals surface area (Å²) in [5, 5.41) is 5.94. The van der Waals surface area contributed by atoms with E-state index in [1.165, 1.54) is 0 Å². The van der Waals surface area contributed by atoms with Gasteiger partial charge in [-0.25, -0.2) is 0 Å². The van der Waals surface area contributed by atoms with Crippen molar-refractivity contribution in [2.45, 2.75) is 13.0 Å². The second-order valence-electron chi connectivity index (χ2n) is 4.63. The summed E-state index contributed by atoms with van der Waals surface area (Å²) in [5.41, 5.74) is 1.74. The molecule has 3 rings (SSSR count). The highest BCUT2D eigenvalue weighted by Gasteiger charge is 2.15. The summed E-state index contributed by atoms with van der Waals surface area (Å²) < 4.78 is 1.13. The van der Waals surface area contributed by atoms with E-state index in [2.05, 4.69) is 10.3 Å². The van der Waals surface area contributed by atoms with Gasteiger partial charge in [0, 0.05) is 27.9 Å². The topological polar surface area (TPSA) is 42.0 Å². The van der Waals surface area contributed by atoms with Crippen molar-refractivity contribution in [2.24, 2.45) is 0 Å². The molecule has 4 heteroatoms. The molecule has 0 bridgehead atoms. The molecule has 0 aliphatic heterocycles. The van der Waals surface area contributed by atoms with Crippen molar-refractivity contribution >= 4 is 27.3 Å². The fourth-order valence-electron chi connectivity index (χ4n) is 2.14. The Kier molecular flexibility index (Phi) is 3.48. The predicted molar refractivity (Wildman–Crippen MR) is 81.9 cm³/mol. The Morgan fingerprint density at radius 2 is 2.10 bits per heavy atom. The molecule has 1 aromatic carbocycles. The summed E-state index contributed by atoms with van der Waals surface area (Å²) in [6.07, 6.45) is 3.50. The number of rotatable bonds is 3. The number of hydrogen-bond donors (Lipinski definition) is 1. The van der Waals surface area contributed by atoms with E-state index in [0.717, 1.165) is 21.2 Å². The van der Waals surface area contributed by atoms with Crippen molar-refractivity contribution in [2.75, 3.05) is 0 Å². The lowest BCUT2D eigenvalue weighted by Crippen LogP contribution is -2.26. The van der Waals surface area contributed by atoms with E-state index in [1.54, 1.807) is 23.7 Å². The highest BCUT2D eigenvalue weighted by Crippen LogP contribution is 2.26. The van der Waals surface area contributed by atoms with Crippen LogP contribution < -0.4 is 5.32 Å². The smallest absolute Gasteiger partial charge is 0.253 e. The molecule has 0 radical (unpaired) electrons. The van der Waals surface area contributed by atoms with Crippen molar-refractivity contribution < 1.29 is 4.79 Å². The van der Waals surface area contributed by atoms with Gasteiger partial charge in [0.05, 0.1) is 11.6 Å². The highest BCUT2D eigenvalue weighted by atomic mass is 32.1. The van der Waals surface area contributed by atoms with Crippen molar-refractivity contribution in [1.82, 2.24) is 10.3 Å². The molecular weight excluding hydrogens is 268 g/mol. The van der Waals surface area contributed by atoms with Gasteiger partial charge < -0.3 is 5.32 Å². The first kappa shape index (κ1) is 12.8. The van der Waals surface area contributed by atoms with Gasteiger partial charge in [-0.2, -0.15) is 0 Å². The number of nitrogens with one attached hydrogen (secondary N) is 1. The van der Waals surface area contributed by atoms with Crippen LogP contribution in [0.1, 0.15) is 28.9 Å². The Bertz CT molecular complexity index is 736. The Morgan fingerprint density at radius 1 is 1.25 bits per heavy atom. The summed E-state index contributed by atoms with van der Waals surface area (Å²) in [4.78, 5) is 16.5. The first-order chi connectivity index (χ1) is 9.75. The predicted octanol–water partition coefficient (Wildman–Crippen LogP) is 3.79. The van der Waals surface area contributed by atoms with E-state index < -0.39 is 0 Å². The zero-order chi connectivity index (χ0) is 13.9. The molecule has 1 N–H and O–H groups in total. The second kappa shape index (κ2) is 5.43. The third-order valence-electron chi connectivity index (χ3n) is 3.26. The van der Waals surface area contributed by atoms with Gasteiger partial charge >= 0.3 is 0 Å². The lowest BCUT2D eigenvalue weighted by Gasteiger charge is -2.13. The molecule has 0 spiro atoms. The van der Waals surface area contributed by atoms with Crippen LogP contribution in [0.25, 0.3) is 10.1 Å². The number of fused-ring (bicyclic) bond motifs is 1. The number of pyridine rings is 1. The largest absolute Gasteiger partial charge is 0.345 e. The number of benzene rings is 1. The minimum atomic E-state index is -0.0603. The SMILES string of the molecule is CC(NC(=O)c1csc2ccccc12)c1cccnc1.